The van der Waals surface area contributed by atoms with Crippen molar-refractivity contribution in [2.24, 2.45) is 0 Å². The van der Waals surface area contributed by atoms with Gasteiger partial charge in [0.1, 0.15) is 5.75 Å². The number of ether oxygens (including phenoxy) is 1. The second-order valence-corrected chi connectivity index (χ2v) is 6.04. The Morgan fingerprint density at radius 3 is 2.38 bits per heavy atom. The van der Waals surface area contributed by atoms with Gasteiger partial charge in [0.2, 0.25) is 5.09 Å². The van der Waals surface area contributed by atoms with E-state index in [1.54, 1.807) is 38.3 Å². The molecule has 0 aliphatic carbocycles. The maximum atomic E-state index is 12.1. The molecule has 21 heavy (non-hydrogen) atoms. The fourth-order valence-corrected chi connectivity index (χ4v) is 2.96. The zero-order chi connectivity index (χ0) is 15.5. The van der Waals surface area contributed by atoms with Crippen LogP contribution in [0, 0.1) is 0 Å². The van der Waals surface area contributed by atoms with Gasteiger partial charge >= 0.3 is 0 Å². The van der Waals surface area contributed by atoms with Gasteiger partial charge in [-0.25, -0.2) is 13.1 Å². The molecule has 7 heteroatoms. The van der Waals surface area contributed by atoms with Crippen molar-refractivity contribution in [1.82, 2.24) is 4.72 Å². The van der Waals surface area contributed by atoms with Gasteiger partial charge in [0.05, 0.1) is 7.11 Å². The molecule has 0 saturated carbocycles. The Morgan fingerprint density at radius 2 is 1.86 bits per heavy atom. The molecule has 1 unspecified atom stereocenters. The van der Waals surface area contributed by atoms with Crippen molar-refractivity contribution in [2.75, 3.05) is 7.11 Å². The molecule has 1 N–H and O–H groups in total. The van der Waals surface area contributed by atoms with Crippen molar-refractivity contribution in [1.29, 1.82) is 0 Å². The SMILES string of the molecule is COc1ccc(C(C)NS(=O)(=O)c2ccc(C=O)o2)cc1. The maximum absolute atomic E-state index is 12.1. The zero-order valence-electron chi connectivity index (χ0n) is 11.6. The van der Waals surface area contributed by atoms with Crippen molar-refractivity contribution in [3.8, 4) is 5.75 Å². The quantitative estimate of drug-likeness (QED) is 0.826. The lowest BCUT2D eigenvalue weighted by atomic mass is 10.1. The van der Waals surface area contributed by atoms with Crippen molar-refractivity contribution in [3.63, 3.8) is 0 Å². The normalized spacial score (nSPS) is 12.9. The van der Waals surface area contributed by atoms with E-state index in [0.717, 1.165) is 5.56 Å². The molecule has 1 heterocycles. The van der Waals surface area contributed by atoms with Gasteiger partial charge in [-0.2, -0.15) is 0 Å². The molecule has 2 rings (SSSR count). The molecule has 0 amide bonds. The van der Waals surface area contributed by atoms with Crippen molar-refractivity contribution in [3.05, 3.63) is 47.7 Å². The summed E-state index contributed by atoms with van der Waals surface area (Å²) in [5, 5.41) is -0.287. The Kier molecular flexibility index (Phi) is 4.44. The molecule has 0 spiro atoms. The summed E-state index contributed by atoms with van der Waals surface area (Å²) in [5.41, 5.74) is 0.779. The predicted octanol–water partition coefficient (Wildman–Crippen LogP) is 2.14. The fraction of sp³-hybridized carbons (Fsp3) is 0.214. The first-order valence-corrected chi connectivity index (χ1v) is 7.66. The lowest BCUT2D eigenvalue weighted by molar-refractivity contribution is 0.109. The average molecular weight is 309 g/mol. The number of hydrogen-bond donors (Lipinski definition) is 1. The van der Waals surface area contributed by atoms with Gasteiger partial charge in [-0.05, 0) is 36.8 Å². The highest BCUT2D eigenvalue weighted by Crippen LogP contribution is 2.20. The molecule has 0 fully saturated rings. The van der Waals surface area contributed by atoms with E-state index in [2.05, 4.69) is 4.72 Å². The highest BCUT2D eigenvalue weighted by Gasteiger charge is 2.22. The highest BCUT2D eigenvalue weighted by molar-refractivity contribution is 7.89. The lowest BCUT2D eigenvalue weighted by Gasteiger charge is -2.13. The molecule has 1 aromatic carbocycles. The van der Waals surface area contributed by atoms with Gasteiger partial charge in [0.15, 0.2) is 12.0 Å². The summed E-state index contributed by atoms with van der Waals surface area (Å²) in [4.78, 5) is 10.5. The first-order valence-electron chi connectivity index (χ1n) is 6.17. The third-order valence-corrected chi connectivity index (χ3v) is 4.34. The predicted molar refractivity (Wildman–Crippen MR) is 75.8 cm³/mol. The first-order chi connectivity index (χ1) is 9.96. The standard InChI is InChI=1S/C14H15NO5S/c1-10(11-3-5-12(19-2)6-4-11)15-21(17,18)14-8-7-13(9-16)20-14/h3-10,15H,1-2H3. The summed E-state index contributed by atoms with van der Waals surface area (Å²) in [5.74, 6) is 0.656. The summed E-state index contributed by atoms with van der Waals surface area (Å²) in [6, 6.07) is 9.13. The largest absolute Gasteiger partial charge is 0.497 e. The topological polar surface area (TPSA) is 85.6 Å². The van der Waals surface area contributed by atoms with Crippen LogP contribution in [0.15, 0.2) is 45.9 Å². The number of sulfonamides is 1. The van der Waals surface area contributed by atoms with Crippen LogP contribution in [0.4, 0.5) is 0 Å². The van der Waals surface area contributed by atoms with Gasteiger partial charge in [-0.1, -0.05) is 12.1 Å². The van der Waals surface area contributed by atoms with Crippen LogP contribution in [0.1, 0.15) is 29.1 Å². The minimum atomic E-state index is -3.82. The van der Waals surface area contributed by atoms with Crippen molar-refractivity contribution in [2.45, 2.75) is 18.1 Å². The lowest BCUT2D eigenvalue weighted by Crippen LogP contribution is -2.26. The van der Waals surface area contributed by atoms with Crippen LogP contribution in [0.3, 0.4) is 0 Å². The minimum Gasteiger partial charge on any atom is -0.497 e. The van der Waals surface area contributed by atoms with E-state index in [0.29, 0.717) is 12.0 Å². The van der Waals surface area contributed by atoms with Gasteiger partial charge in [0, 0.05) is 6.04 Å². The van der Waals surface area contributed by atoms with Crippen molar-refractivity contribution < 1.29 is 22.4 Å². The van der Waals surface area contributed by atoms with E-state index in [1.807, 2.05) is 0 Å². The number of carbonyl (C=O) groups excluding carboxylic acids is 1. The number of carbonyl (C=O) groups is 1. The van der Waals surface area contributed by atoms with Crippen molar-refractivity contribution >= 4 is 16.3 Å². The molecule has 112 valence electrons. The summed E-state index contributed by atoms with van der Waals surface area (Å²) in [6.45, 7) is 1.71. The summed E-state index contributed by atoms with van der Waals surface area (Å²) < 4.78 is 36.7. The number of furan rings is 1. The van der Waals surface area contributed by atoms with Gasteiger partial charge in [0.25, 0.3) is 10.0 Å². The number of methoxy groups -OCH3 is 1. The molecule has 0 radical (unpaired) electrons. The molecule has 6 nitrogen and oxygen atoms in total. The van der Waals surface area contributed by atoms with E-state index in [-0.39, 0.29) is 10.9 Å². The van der Waals surface area contributed by atoms with Gasteiger partial charge in [-0.15, -0.1) is 0 Å². The third-order valence-electron chi connectivity index (χ3n) is 2.93. The summed E-state index contributed by atoms with van der Waals surface area (Å²) in [7, 11) is -2.26. The van der Waals surface area contributed by atoms with Gasteiger partial charge < -0.3 is 9.15 Å². The number of aldehydes is 1. The Bertz CT molecular complexity index is 718. The molecule has 0 bridgehead atoms. The Morgan fingerprint density at radius 1 is 1.19 bits per heavy atom. The van der Waals surface area contributed by atoms with E-state index >= 15 is 0 Å². The van der Waals surface area contributed by atoms with Crippen LogP contribution in [-0.2, 0) is 10.0 Å². The zero-order valence-corrected chi connectivity index (χ0v) is 12.4. The fourth-order valence-electron chi connectivity index (χ4n) is 1.79. The monoisotopic (exact) mass is 309 g/mol. The molecule has 0 aliphatic rings. The minimum absolute atomic E-state index is 0.0347. The second-order valence-electron chi connectivity index (χ2n) is 4.39. The molecule has 0 saturated heterocycles. The smallest absolute Gasteiger partial charge is 0.274 e. The molecule has 1 atom stereocenters. The van der Waals surface area contributed by atoms with E-state index in [1.165, 1.54) is 12.1 Å². The van der Waals surface area contributed by atoms with Crippen LogP contribution in [0.2, 0.25) is 0 Å². The average Bonchev–Trinajstić information content (AvgIpc) is 2.96. The Balaban J connectivity index is 2.16. The Labute approximate surface area is 122 Å². The van der Waals surface area contributed by atoms with Crippen LogP contribution >= 0.6 is 0 Å². The number of hydrogen-bond acceptors (Lipinski definition) is 5. The highest BCUT2D eigenvalue weighted by atomic mass is 32.2. The van der Waals surface area contributed by atoms with Crippen LogP contribution < -0.4 is 9.46 Å². The van der Waals surface area contributed by atoms with Crippen LogP contribution in [0.5, 0.6) is 5.75 Å². The maximum Gasteiger partial charge on any atom is 0.274 e. The third kappa shape index (κ3) is 3.50. The summed E-state index contributed by atoms with van der Waals surface area (Å²) in [6.07, 6.45) is 0.450. The first kappa shape index (κ1) is 15.3. The van der Waals surface area contributed by atoms with E-state index in [4.69, 9.17) is 9.15 Å². The van der Waals surface area contributed by atoms with Crippen LogP contribution in [-0.4, -0.2) is 21.8 Å². The number of rotatable bonds is 6. The van der Waals surface area contributed by atoms with Crippen LogP contribution in [0.25, 0.3) is 0 Å². The molecular weight excluding hydrogens is 294 g/mol. The second kappa shape index (κ2) is 6.11. The van der Waals surface area contributed by atoms with E-state index in [9.17, 15) is 13.2 Å². The van der Waals surface area contributed by atoms with E-state index < -0.39 is 16.1 Å². The molecule has 1 aromatic heterocycles. The number of benzene rings is 1. The number of nitrogens with one attached hydrogen (secondary N) is 1. The van der Waals surface area contributed by atoms with Gasteiger partial charge in [-0.3, -0.25) is 4.79 Å². The Hall–Kier alpha value is -2.12. The molecule has 2 aromatic rings. The summed E-state index contributed by atoms with van der Waals surface area (Å²) >= 11 is 0. The molecule has 0 aliphatic heterocycles. The molecular formula is C14H15NO5S.